The van der Waals surface area contributed by atoms with Gasteiger partial charge in [-0.15, -0.1) is 0 Å². The van der Waals surface area contributed by atoms with E-state index in [0.717, 1.165) is 16.8 Å². The number of amides is 2. The molecule has 27 heavy (non-hydrogen) atoms. The van der Waals surface area contributed by atoms with Crippen LogP contribution in [0.15, 0.2) is 29.1 Å². The lowest BCUT2D eigenvalue weighted by atomic mass is 9.99. The molecular weight excluding hydrogens is 346 g/mol. The molecule has 1 heterocycles. The molecule has 8 nitrogen and oxygen atoms in total. The van der Waals surface area contributed by atoms with Crippen LogP contribution in [-0.2, 0) is 17.8 Å². The number of primary amides is 1. The average Bonchev–Trinajstić information content (AvgIpc) is 2.92. The van der Waals surface area contributed by atoms with Gasteiger partial charge in [-0.3, -0.25) is 24.2 Å². The smallest absolute Gasteiger partial charge is 0.270 e. The second-order valence-electron chi connectivity index (χ2n) is 6.75. The van der Waals surface area contributed by atoms with Crippen LogP contribution in [0.1, 0.15) is 53.4 Å². The lowest BCUT2D eigenvalue weighted by molar-refractivity contribution is -0.117. The predicted molar refractivity (Wildman–Crippen MR) is 104 cm³/mol. The zero-order valence-corrected chi connectivity index (χ0v) is 15.7. The molecule has 0 radical (unpaired) electrons. The zero-order valence-electron chi connectivity index (χ0n) is 15.7. The Morgan fingerprint density at radius 2 is 1.89 bits per heavy atom. The lowest BCUT2D eigenvalue weighted by Crippen LogP contribution is -2.27. The second kappa shape index (κ2) is 9.18. The molecule has 0 aliphatic heterocycles. The zero-order chi connectivity index (χ0) is 20.0. The van der Waals surface area contributed by atoms with Gasteiger partial charge >= 0.3 is 0 Å². The minimum absolute atomic E-state index is 0.0579. The van der Waals surface area contributed by atoms with E-state index in [2.05, 4.69) is 10.4 Å². The number of carbonyl (C=O) groups is 2. The molecule has 1 aromatic heterocycles. The van der Waals surface area contributed by atoms with Gasteiger partial charge in [0.15, 0.2) is 0 Å². The number of hydrogen-bond donors (Lipinski definition) is 4. The summed E-state index contributed by atoms with van der Waals surface area (Å²) in [6.45, 7) is 5.10. The summed E-state index contributed by atoms with van der Waals surface area (Å²) in [6, 6.07) is 7.06. The molecule has 2 amide bonds. The van der Waals surface area contributed by atoms with E-state index < -0.39 is 5.91 Å². The van der Waals surface area contributed by atoms with Gasteiger partial charge in [-0.2, -0.15) is 0 Å². The molecule has 0 saturated heterocycles. The van der Waals surface area contributed by atoms with E-state index >= 15 is 0 Å². The SMILES string of the molecule is CC(C)c1[nH]n(CCN)c(=O)c1Cc1ccc(C(=O)NCCC(N)=O)cc1. The Hall–Kier alpha value is -2.87. The van der Waals surface area contributed by atoms with Crippen molar-refractivity contribution >= 4 is 11.8 Å². The van der Waals surface area contributed by atoms with Crippen molar-refractivity contribution in [1.29, 1.82) is 0 Å². The van der Waals surface area contributed by atoms with Crippen LogP contribution in [-0.4, -0.2) is 34.7 Å². The Kier molecular flexibility index (Phi) is 6.95. The van der Waals surface area contributed by atoms with E-state index in [0.29, 0.717) is 25.1 Å². The summed E-state index contributed by atoms with van der Waals surface area (Å²) >= 11 is 0. The van der Waals surface area contributed by atoms with Gasteiger partial charge in [-0.05, 0) is 23.6 Å². The Labute approximate surface area is 157 Å². The molecule has 2 rings (SSSR count). The van der Waals surface area contributed by atoms with E-state index in [9.17, 15) is 14.4 Å². The van der Waals surface area contributed by atoms with Gasteiger partial charge in [0.05, 0.1) is 6.54 Å². The number of H-pyrrole nitrogens is 1. The van der Waals surface area contributed by atoms with Crippen molar-refractivity contribution in [3.05, 3.63) is 57.0 Å². The summed E-state index contributed by atoms with van der Waals surface area (Å²) in [4.78, 5) is 35.4. The van der Waals surface area contributed by atoms with Crippen LogP contribution in [0.4, 0.5) is 0 Å². The summed E-state index contributed by atoms with van der Waals surface area (Å²) in [5, 5.41) is 5.79. The molecule has 0 aliphatic rings. The number of nitrogens with one attached hydrogen (secondary N) is 2. The Bertz CT molecular complexity index is 849. The van der Waals surface area contributed by atoms with Gasteiger partial charge in [0, 0.05) is 42.8 Å². The van der Waals surface area contributed by atoms with Crippen molar-refractivity contribution < 1.29 is 9.59 Å². The van der Waals surface area contributed by atoms with Crippen molar-refractivity contribution in [2.45, 2.75) is 39.2 Å². The maximum atomic E-state index is 12.6. The number of hydrogen-bond acceptors (Lipinski definition) is 4. The van der Waals surface area contributed by atoms with Crippen molar-refractivity contribution in [2.75, 3.05) is 13.1 Å². The molecule has 6 N–H and O–H groups in total. The molecule has 0 saturated carbocycles. The quantitative estimate of drug-likeness (QED) is 0.507. The maximum Gasteiger partial charge on any atom is 0.270 e. The number of aromatic amines is 1. The highest BCUT2D eigenvalue weighted by atomic mass is 16.2. The average molecular weight is 373 g/mol. The Balaban J connectivity index is 2.13. The standard InChI is InChI=1S/C19H27N5O3/c1-12(2)17-15(19(27)24(23-17)10-8-20)11-13-3-5-14(6-4-13)18(26)22-9-7-16(21)25/h3-6,12,23H,7-11,20H2,1-2H3,(H2,21,25)(H,22,26). The molecule has 2 aromatic rings. The predicted octanol–water partition coefficient (Wildman–Crippen LogP) is 0.455. The maximum absolute atomic E-state index is 12.6. The molecular formula is C19H27N5O3. The molecule has 0 atom stereocenters. The Morgan fingerprint density at radius 3 is 2.44 bits per heavy atom. The number of nitrogens with two attached hydrogens (primary N) is 2. The van der Waals surface area contributed by atoms with Crippen molar-refractivity contribution in [1.82, 2.24) is 15.1 Å². The Morgan fingerprint density at radius 1 is 1.22 bits per heavy atom. The molecule has 0 spiro atoms. The molecule has 0 bridgehead atoms. The number of carbonyl (C=O) groups excluding carboxylic acids is 2. The monoisotopic (exact) mass is 373 g/mol. The summed E-state index contributed by atoms with van der Waals surface area (Å²) in [6.07, 6.45) is 0.578. The van der Waals surface area contributed by atoms with Crippen molar-refractivity contribution in [3.63, 3.8) is 0 Å². The fraction of sp³-hybridized carbons (Fsp3) is 0.421. The molecule has 8 heteroatoms. The molecule has 0 fully saturated rings. The van der Waals surface area contributed by atoms with Crippen LogP contribution in [0.3, 0.4) is 0 Å². The van der Waals surface area contributed by atoms with E-state index in [1.165, 1.54) is 0 Å². The van der Waals surface area contributed by atoms with Crippen LogP contribution in [0, 0.1) is 0 Å². The van der Waals surface area contributed by atoms with Crippen molar-refractivity contribution in [2.24, 2.45) is 11.5 Å². The highest BCUT2D eigenvalue weighted by Crippen LogP contribution is 2.18. The topological polar surface area (TPSA) is 136 Å². The van der Waals surface area contributed by atoms with Gasteiger partial charge in [0.25, 0.3) is 11.5 Å². The normalized spacial score (nSPS) is 11.0. The van der Waals surface area contributed by atoms with E-state index in [4.69, 9.17) is 11.5 Å². The number of rotatable bonds is 9. The first-order chi connectivity index (χ1) is 12.8. The number of nitrogens with zero attached hydrogens (tertiary/aromatic N) is 1. The lowest BCUT2D eigenvalue weighted by Gasteiger charge is -2.07. The van der Waals surface area contributed by atoms with Crippen molar-refractivity contribution in [3.8, 4) is 0 Å². The number of benzene rings is 1. The molecule has 0 aliphatic carbocycles. The van der Waals surface area contributed by atoms with Crippen LogP contribution in [0.5, 0.6) is 0 Å². The minimum Gasteiger partial charge on any atom is -0.370 e. The van der Waals surface area contributed by atoms with Gasteiger partial charge in [-0.25, -0.2) is 0 Å². The van der Waals surface area contributed by atoms with Crippen LogP contribution in [0.25, 0.3) is 0 Å². The van der Waals surface area contributed by atoms with E-state index in [1.807, 2.05) is 26.0 Å². The first-order valence-corrected chi connectivity index (χ1v) is 9.00. The van der Waals surface area contributed by atoms with Gasteiger partial charge in [-0.1, -0.05) is 26.0 Å². The first-order valence-electron chi connectivity index (χ1n) is 9.00. The fourth-order valence-corrected chi connectivity index (χ4v) is 2.86. The largest absolute Gasteiger partial charge is 0.370 e. The van der Waals surface area contributed by atoms with Gasteiger partial charge in [0.1, 0.15) is 0 Å². The van der Waals surface area contributed by atoms with Gasteiger partial charge in [0.2, 0.25) is 5.91 Å². The third-order valence-corrected chi connectivity index (χ3v) is 4.27. The summed E-state index contributed by atoms with van der Waals surface area (Å²) in [5.41, 5.74) is 13.6. The molecule has 1 aromatic carbocycles. The van der Waals surface area contributed by atoms with E-state index in [-0.39, 0.29) is 30.3 Å². The minimum atomic E-state index is -0.460. The van der Waals surface area contributed by atoms with Crippen LogP contribution in [0.2, 0.25) is 0 Å². The van der Waals surface area contributed by atoms with Crippen LogP contribution >= 0.6 is 0 Å². The first kappa shape index (κ1) is 20.4. The van der Waals surface area contributed by atoms with E-state index in [1.54, 1.807) is 16.8 Å². The second-order valence-corrected chi connectivity index (χ2v) is 6.75. The fourth-order valence-electron chi connectivity index (χ4n) is 2.86. The summed E-state index contributed by atoms with van der Waals surface area (Å²) < 4.78 is 1.55. The molecule has 146 valence electrons. The van der Waals surface area contributed by atoms with Gasteiger partial charge < -0.3 is 16.8 Å². The summed E-state index contributed by atoms with van der Waals surface area (Å²) in [5.74, 6) is -0.543. The third-order valence-electron chi connectivity index (χ3n) is 4.27. The van der Waals surface area contributed by atoms with Crippen LogP contribution < -0.4 is 22.3 Å². The highest BCUT2D eigenvalue weighted by molar-refractivity contribution is 5.94. The third kappa shape index (κ3) is 5.30. The number of aromatic nitrogens is 2. The summed E-state index contributed by atoms with van der Waals surface area (Å²) in [7, 11) is 0. The molecule has 0 unspecified atom stereocenters. The highest BCUT2D eigenvalue weighted by Gasteiger charge is 2.17.